The van der Waals surface area contributed by atoms with E-state index in [0.29, 0.717) is 18.7 Å². The number of benzene rings is 2. The third kappa shape index (κ3) is 4.06. The van der Waals surface area contributed by atoms with Crippen molar-refractivity contribution in [1.82, 2.24) is 5.32 Å². The van der Waals surface area contributed by atoms with Crippen molar-refractivity contribution in [3.05, 3.63) is 59.9 Å². The second-order valence-corrected chi connectivity index (χ2v) is 5.75. The fourth-order valence-electron chi connectivity index (χ4n) is 2.76. The van der Waals surface area contributed by atoms with Crippen LogP contribution in [0.1, 0.15) is 12.0 Å². The van der Waals surface area contributed by atoms with Crippen LogP contribution in [0, 0.1) is 5.82 Å². The van der Waals surface area contributed by atoms with E-state index in [1.54, 1.807) is 41.3 Å². The standard InChI is InChI=1S/C18H18FN3O3/c19-13-3-1-2-12(10-13)11-25-15-6-4-14(5-7-15)22-9-8-16(17(22)23)21-18(20)24/h1-7,10,16H,8-9,11H2,(H3,20,21,24)/t16-/m1/s1. The van der Waals surface area contributed by atoms with E-state index in [9.17, 15) is 14.0 Å². The Morgan fingerprint density at radius 3 is 2.72 bits per heavy atom. The van der Waals surface area contributed by atoms with Crippen LogP contribution >= 0.6 is 0 Å². The maximum Gasteiger partial charge on any atom is 0.312 e. The van der Waals surface area contributed by atoms with Gasteiger partial charge in [-0.2, -0.15) is 0 Å². The van der Waals surface area contributed by atoms with Gasteiger partial charge >= 0.3 is 6.03 Å². The molecule has 2 aromatic carbocycles. The van der Waals surface area contributed by atoms with Crippen molar-refractivity contribution in [2.24, 2.45) is 5.73 Å². The molecule has 1 heterocycles. The summed E-state index contributed by atoms with van der Waals surface area (Å²) >= 11 is 0. The highest BCUT2D eigenvalue weighted by Gasteiger charge is 2.33. The first-order valence-electron chi connectivity index (χ1n) is 7.87. The maximum atomic E-state index is 13.1. The van der Waals surface area contributed by atoms with Crippen molar-refractivity contribution in [3.63, 3.8) is 0 Å². The molecule has 1 fully saturated rings. The molecule has 0 spiro atoms. The average Bonchev–Trinajstić information content (AvgIpc) is 2.94. The first-order chi connectivity index (χ1) is 12.0. The molecule has 0 saturated carbocycles. The van der Waals surface area contributed by atoms with E-state index in [2.05, 4.69) is 5.32 Å². The molecule has 2 aromatic rings. The summed E-state index contributed by atoms with van der Waals surface area (Å²) in [4.78, 5) is 24.8. The quantitative estimate of drug-likeness (QED) is 0.873. The van der Waals surface area contributed by atoms with Crippen LogP contribution in [-0.2, 0) is 11.4 Å². The second kappa shape index (κ2) is 7.21. The van der Waals surface area contributed by atoms with Crippen molar-refractivity contribution in [1.29, 1.82) is 0 Å². The van der Waals surface area contributed by atoms with Gasteiger partial charge < -0.3 is 20.7 Å². The van der Waals surface area contributed by atoms with Crippen LogP contribution in [0.25, 0.3) is 0 Å². The number of amides is 3. The van der Waals surface area contributed by atoms with E-state index < -0.39 is 12.1 Å². The minimum atomic E-state index is -0.707. The zero-order chi connectivity index (χ0) is 17.8. The van der Waals surface area contributed by atoms with Crippen molar-refractivity contribution >= 4 is 17.6 Å². The van der Waals surface area contributed by atoms with Crippen LogP contribution < -0.4 is 20.7 Å². The van der Waals surface area contributed by atoms with Crippen LogP contribution in [0.4, 0.5) is 14.9 Å². The number of primary amides is 1. The maximum absolute atomic E-state index is 13.1. The molecule has 0 aliphatic carbocycles. The number of rotatable bonds is 5. The van der Waals surface area contributed by atoms with Crippen LogP contribution in [0.3, 0.4) is 0 Å². The van der Waals surface area contributed by atoms with E-state index >= 15 is 0 Å². The number of anilines is 1. The van der Waals surface area contributed by atoms with Gasteiger partial charge in [0.05, 0.1) is 0 Å². The van der Waals surface area contributed by atoms with Gasteiger partial charge in [0.2, 0.25) is 5.91 Å². The van der Waals surface area contributed by atoms with E-state index in [1.807, 2.05) is 0 Å². The number of halogens is 1. The molecule has 130 valence electrons. The minimum absolute atomic E-state index is 0.188. The summed E-state index contributed by atoms with van der Waals surface area (Å²) in [5.41, 5.74) is 6.52. The molecule has 0 bridgehead atoms. The molecule has 1 aliphatic rings. The Hall–Kier alpha value is -3.09. The molecule has 25 heavy (non-hydrogen) atoms. The Bertz CT molecular complexity index is 779. The minimum Gasteiger partial charge on any atom is -0.489 e. The molecule has 3 N–H and O–H groups in total. The van der Waals surface area contributed by atoms with Gasteiger partial charge in [0.25, 0.3) is 0 Å². The summed E-state index contributed by atoms with van der Waals surface area (Å²) < 4.78 is 18.8. The summed E-state index contributed by atoms with van der Waals surface area (Å²) in [5, 5.41) is 2.44. The number of nitrogens with one attached hydrogen (secondary N) is 1. The van der Waals surface area contributed by atoms with Crippen molar-refractivity contribution in [2.45, 2.75) is 19.1 Å². The summed E-state index contributed by atoms with van der Waals surface area (Å²) in [6, 6.07) is 12.0. The van der Waals surface area contributed by atoms with Crippen LogP contribution in [0.2, 0.25) is 0 Å². The fraction of sp³-hybridized carbons (Fsp3) is 0.222. The van der Waals surface area contributed by atoms with Crippen molar-refractivity contribution in [2.75, 3.05) is 11.4 Å². The molecule has 0 radical (unpaired) electrons. The molecule has 0 unspecified atom stereocenters. The van der Waals surface area contributed by atoms with Crippen molar-refractivity contribution < 1.29 is 18.7 Å². The van der Waals surface area contributed by atoms with Gasteiger partial charge in [-0.05, 0) is 48.4 Å². The molecule has 1 atom stereocenters. The molecule has 6 nitrogen and oxygen atoms in total. The average molecular weight is 343 g/mol. The number of nitrogens with zero attached hydrogens (tertiary/aromatic N) is 1. The van der Waals surface area contributed by atoms with Gasteiger partial charge in [0.1, 0.15) is 24.2 Å². The van der Waals surface area contributed by atoms with Gasteiger partial charge in [-0.3, -0.25) is 4.79 Å². The van der Waals surface area contributed by atoms with E-state index in [0.717, 1.165) is 11.3 Å². The number of urea groups is 1. The topological polar surface area (TPSA) is 84.7 Å². The Labute approximate surface area is 144 Å². The molecule has 3 amide bonds. The Kier molecular flexibility index (Phi) is 4.83. The third-order valence-corrected chi connectivity index (χ3v) is 3.96. The summed E-state index contributed by atoms with van der Waals surface area (Å²) in [6.07, 6.45) is 0.513. The molecule has 3 rings (SSSR count). The normalized spacial score (nSPS) is 16.8. The lowest BCUT2D eigenvalue weighted by Gasteiger charge is -2.17. The zero-order valence-corrected chi connectivity index (χ0v) is 13.4. The van der Waals surface area contributed by atoms with Gasteiger partial charge in [0, 0.05) is 12.2 Å². The Morgan fingerprint density at radius 1 is 1.28 bits per heavy atom. The largest absolute Gasteiger partial charge is 0.489 e. The SMILES string of the molecule is NC(=O)N[C@@H]1CCN(c2ccc(OCc3cccc(F)c3)cc2)C1=O. The van der Waals surface area contributed by atoms with Gasteiger partial charge in [0.15, 0.2) is 0 Å². The molecule has 7 heteroatoms. The lowest BCUT2D eigenvalue weighted by Crippen LogP contribution is -2.43. The van der Waals surface area contributed by atoms with Gasteiger partial charge in [-0.25, -0.2) is 9.18 Å². The second-order valence-electron chi connectivity index (χ2n) is 5.75. The monoisotopic (exact) mass is 343 g/mol. The Balaban J connectivity index is 1.61. The number of carbonyl (C=O) groups excluding carboxylic acids is 2. The third-order valence-electron chi connectivity index (χ3n) is 3.96. The molecular formula is C18H18FN3O3. The van der Waals surface area contributed by atoms with Crippen LogP contribution in [-0.4, -0.2) is 24.5 Å². The molecule has 1 saturated heterocycles. The number of carbonyl (C=O) groups is 2. The number of hydrogen-bond acceptors (Lipinski definition) is 3. The lowest BCUT2D eigenvalue weighted by molar-refractivity contribution is -0.118. The lowest BCUT2D eigenvalue weighted by atomic mass is 10.2. The Morgan fingerprint density at radius 2 is 2.04 bits per heavy atom. The van der Waals surface area contributed by atoms with Crippen LogP contribution in [0.15, 0.2) is 48.5 Å². The van der Waals surface area contributed by atoms with E-state index in [1.165, 1.54) is 12.1 Å². The van der Waals surface area contributed by atoms with E-state index in [4.69, 9.17) is 10.5 Å². The molecule has 1 aliphatic heterocycles. The highest BCUT2D eigenvalue weighted by Crippen LogP contribution is 2.24. The summed E-state index contributed by atoms with van der Waals surface area (Å²) in [6.45, 7) is 0.762. The first kappa shape index (κ1) is 16.8. The van der Waals surface area contributed by atoms with E-state index in [-0.39, 0.29) is 18.3 Å². The van der Waals surface area contributed by atoms with Crippen molar-refractivity contribution in [3.8, 4) is 5.75 Å². The number of nitrogens with two attached hydrogens (primary N) is 1. The molecule has 0 aromatic heterocycles. The summed E-state index contributed by atoms with van der Waals surface area (Å²) in [7, 11) is 0. The van der Waals surface area contributed by atoms with Crippen LogP contribution in [0.5, 0.6) is 5.75 Å². The highest BCUT2D eigenvalue weighted by molar-refractivity contribution is 6.01. The zero-order valence-electron chi connectivity index (χ0n) is 13.4. The highest BCUT2D eigenvalue weighted by atomic mass is 19.1. The number of ether oxygens (including phenoxy) is 1. The predicted molar refractivity (Wildman–Crippen MR) is 90.7 cm³/mol. The predicted octanol–water partition coefficient (Wildman–Crippen LogP) is 2.18. The summed E-state index contributed by atoms with van der Waals surface area (Å²) in [5.74, 6) is 0.127. The van der Waals surface area contributed by atoms with Gasteiger partial charge in [-0.1, -0.05) is 12.1 Å². The fourth-order valence-corrected chi connectivity index (χ4v) is 2.76. The number of hydrogen-bond donors (Lipinski definition) is 2. The smallest absolute Gasteiger partial charge is 0.312 e. The molecular weight excluding hydrogens is 325 g/mol. The van der Waals surface area contributed by atoms with Gasteiger partial charge in [-0.15, -0.1) is 0 Å². The first-order valence-corrected chi connectivity index (χ1v) is 7.87.